The van der Waals surface area contributed by atoms with Crippen LogP contribution in [0.1, 0.15) is 16.1 Å². The van der Waals surface area contributed by atoms with Crippen molar-refractivity contribution in [3.63, 3.8) is 0 Å². The van der Waals surface area contributed by atoms with Gasteiger partial charge in [0.15, 0.2) is 5.82 Å². The van der Waals surface area contributed by atoms with Crippen molar-refractivity contribution in [1.82, 2.24) is 14.5 Å². The maximum absolute atomic E-state index is 13.4. The zero-order chi connectivity index (χ0) is 23.5. The van der Waals surface area contributed by atoms with Crippen molar-refractivity contribution in [3.05, 3.63) is 100 Å². The number of aromatic nitrogens is 3. The molecule has 0 fully saturated rings. The number of hydrogen-bond acceptors (Lipinski definition) is 5. The van der Waals surface area contributed by atoms with Gasteiger partial charge in [-0.3, -0.25) is 0 Å². The number of nitrogens with one attached hydrogen (secondary N) is 1. The Morgan fingerprint density at radius 2 is 2.00 bits per heavy atom. The smallest absolute Gasteiger partial charge is 0.151 e. The molecule has 0 saturated heterocycles. The van der Waals surface area contributed by atoms with Crippen molar-refractivity contribution in [1.29, 1.82) is 0 Å². The normalized spacial score (nSPS) is 10.7. The minimum atomic E-state index is -0.300. The Morgan fingerprint density at radius 3 is 2.79 bits per heavy atom. The number of ether oxygens (including phenoxy) is 1. The molecule has 5 aromatic rings. The molecule has 168 valence electrons. The van der Waals surface area contributed by atoms with Gasteiger partial charge in [0.05, 0.1) is 25.8 Å². The Balaban J connectivity index is 1.33. The second-order valence-corrected chi connectivity index (χ2v) is 8.95. The van der Waals surface area contributed by atoms with Crippen LogP contribution in [0.5, 0.6) is 5.75 Å². The molecule has 0 atom stereocenters. The van der Waals surface area contributed by atoms with Crippen LogP contribution >= 0.6 is 22.9 Å². The average molecular weight is 489 g/mol. The van der Waals surface area contributed by atoms with Gasteiger partial charge in [-0.2, -0.15) is 0 Å². The predicted octanol–water partition coefficient (Wildman–Crippen LogP) is 6.54. The molecule has 3 aromatic heterocycles. The fraction of sp³-hybridized carbons (Fsp3) is 0.0769. The summed E-state index contributed by atoms with van der Waals surface area (Å²) in [6, 6.07) is 17.6. The molecule has 0 aliphatic heterocycles. The number of nitrogens with zero attached hydrogens (tertiary/aromatic N) is 3. The SMILES string of the molecule is Cn1cccc1C#Cc1cc2ncnc(Nc3ccc(OCc4cccc(F)c4)c(Cl)c3)c2s1. The molecule has 2 aromatic carbocycles. The van der Waals surface area contributed by atoms with Gasteiger partial charge in [0.2, 0.25) is 0 Å². The molecular formula is C26H18ClFN4OS. The van der Waals surface area contributed by atoms with Crippen LogP contribution in [0, 0.1) is 17.7 Å². The van der Waals surface area contributed by atoms with E-state index in [1.807, 2.05) is 42.1 Å². The van der Waals surface area contributed by atoms with Crippen molar-refractivity contribution in [2.24, 2.45) is 7.05 Å². The molecule has 0 saturated carbocycles. The predicted molar refractivity (Wildman–Crippen MR) is 134 cm³/mol. The molecule has 5 rings (SSSR count). The van der Waals surface area contributed by atoms with Gasteiger partial charge >= 0.3 is 0 Å². The lowest BCUT2D eigenvalue weighted by Crippen LogP contribution is -1.98. The van der Waals surface area contributed by atoms with Gasteiger partial charge in [-0.15, -0.1) is 11.3 Å². The van der Waals surface area contributed by atoms with Gasteiger partial charge < -0.3 is 14.6 Å². The molecule has 5 nitrogen and oxygen atoms in total. The third-order valence-electron chi connectivity index (χ3n) is 5.05. The summed E-state index contributed by atoms with van der Waals surface area (Å²) in [6.45, 7) is 0.221. The summed E-state index contributed by atoms with van der Waals surface area (Å²) in [5.74, 6) is 7.27. The van der Waals surface area contributed by atoms with Crippen LogP contribution in [-0.2, 0) is 13.7 Å². The van der Waals surface area contributed by atoms with Gasteiger partial charge in [-0.25, -0.2) is 14.4 Å². The standard InChI is InChI=1S/C26H18ClFN4OS/c1-32-11-3-6-20(32)8-9-21-14-23-25(34-21)26(30-16-29-23)31-19-7-10-24(22(27)13-19)33-15-17-4-2-5-18(28)12-17/h2-7,10-14,16H,15H2,1H3,(H,29,30,31). The topological polar surface area (TPSA) is 52.0 Å². The number of aryl methyl sites for hydroxylation is 1. The van der Waals surface area contributed by atoms with Gasteiger partial charge in [-0.05, 0) is 65.9 Å². The maximum Gasteiger partial charge on any atom is 0.151 e. The number of halogens is 2. The Morgan fingerprint density at radius 1 is 1.09 bits per heavy atom. The summed E-state index contributed by atoms with van der Waals surface area (Å²) in [7, 11) is 1.96. The summed E-state index contributed by atoms with van der Waals surface area (Å²) in [6.07, 6.45) is 3.48. The van der Waals surface area contributed by atoms with E-state index in [1.165, 1.54) is 29.8 Å². The highest BCUT2D eigenvalue weighted by Crippen LogP contribution is 2.33. The molecule has 1 N–H and O–H groups in total. The molecule has 0 bridgehead atoms. The molecule has 0 spiro atoms. The van der Waals surface area contributed by atoms with Crippen molar-refractivity contribution in [3.8, 4) is 17.6 Å². The first kappa shape index (κ1) is 22.0. The van der Waals surface area contributed by atoms with E-state index < -0.39 is 0 Å². The van der Waals surface area contributed by atoms with E-state index in [2.05, 4.69) is 27.1 Å². The fourth-order valence-electron chi connectivity index (χ4n) is 3.34. The highest BCUT2D eigenvalue weighted by atomic mass is 35.5. The maximum atomic E-state index is 13.4. The highest BCUT2D eigenvalue weighted by Gasteiger charge is 2.10. The lowest BCUT2D eigenvalue weighted by atomic mass is 10.2. The molecule has 0 radical (unpaired) electrons. The Kier molecular flexibility index (Phi) is 6.17. The number of anilines is 2. The van der Waals surface area contributed by atoms with Gasteiger partial charge in [0.25, 0.3) is 0 Å². The fourth-order valence-corrected chi connectivity index (χ4v) is 4.49. The first-order valence-electron chi connectivity index (χ1n) is 10.4. The highest BCUT2D eigenvalue weighted by molar-refractivity contribution is 7.20. The third-order valence-corrected chi connectivity index (χ3v) is 6.39. The van der Waals surface area contributed by atoms with Crippen LogP contribution in [0.4, 0.5) is 15.9 Å². The Bertz CT molecular complexity index is 1550. The van der Waals surface area contributed by atoms with Crippen LogP contribution < -0.4 is 10.1 Å². The number of benzene rings is 2. The van der Waals surface area contributed by atoms with E-state index >= 15 is 0 Å². The van der Waals surface area contributed by atoms with Gasteiger partial charge in [0.1, 0.15) is 24.5 Å². The molecule has 0 amide bonds. The van der Waals surface area contributed by atoms with E-state index in [1.54, 1.807) is 24.3 Å². The summed E-state index contributed by atoms with van der Waals surface area (Å²) < 4.78 is 22.0. The number of hydrogen-bond donors (Lipinski definition) is 1. The summed E-state index contributed by atoms with van der Waals surface area (Å²) in [5, 5.41) is 3.74. The summed E-state index contributed by atoms with van der Waals surface area (Å²) >= 11 is 7.96. The van der Waals surface area contributed by atoms with Crippen LogP contribution in [0.2, 0.25) is 5.02 Å². The second kappa shape index (κ2) is 9.56. The molecule has 3 heterocycles. The monoisotopic (exact) mass is 488 g/mol. The Labute approximate surface area is 204 Å². The van der Waals surface area contributed by atoms with E-state index in [-0.39, 0.29) is 12.4 Å². The first-order valence-corrected chi connectivity index (χ1v) is 11.6. The molecule has 0 aliphatic carbocycles. The largest absolute Gasteiger partial charge is 0.487 e. The molecule has 0 unspecified atom stereocenters. The number of fused-ring (bicyclic) bond motifs is 1. The molecule has 34 heavy (non-hydrogen) atoms. The van der Waals surface area contributed by atoms with Crippen LogP contribution in [-0.4, -0.2) is 14.5 Å². The van der Waals surface area contributed by atoms with E-state index in [4.69, 9.17) is 16.3 Å². The summed E-state index contributed by atoms with van der Waals surface area (Å²) in [5.41, 5.74) is 3.24. The van der Waals surface area contributed by atoms with Gasteiger partial charge in [0, 0.05) is 18.9 Å². The molecule has 8 heteroatoms. The van der Waals surface area contributed by atoms with Crippen LogP contribution in [0.25, 0.3) is 10.2 Å². The van der Waals surface area contributed by atoms with Crippen molar-refractivity contribution in [2.75, 3.05) is 5.32 Å². The van der Waals surface area contributed by atoms with E-state index in [9.17, 15) is 4.39 Å². The average Bonchev–Trinajstić information content (AvgIpc) is 3.43. The molecule has 0 aliphatic rings. The van der Waals surface area contributed by atoms with Crippen LogP contribution in [0.3, 0.4) is 0 Å². The quantitative estimate of drug-likeness (QED) is 0.285. The van der Waals surface area contributed by atoms with Crippen LogP contribution in [0.15, 0.2) is 73.2 Å². The first-order chi connectivity index (χ1) is 16.5. The Hall–Kier alpha value is -3.86. The van der Waals surface area contributed by atoms with Crippen molar-refractivity contribution >= 4 is 44.7 Å². The van der Waals surface area contributed by atoms with Gasteiger partial charge in [-0.1, -0.05) is 23.7 Å². The minimum absolute atomic E-state index is 0.221. The minimum Gasteiger partial charge on any atom is -0.487 e. The zero-order valence-corrected chi connectivity index (χ0v) is 19.6. The number of rotatable bonds is 5. The lowest BCUT2D eigenvalue weighted by Gasteiger charge is -2.11. The van der Waals surface area contributed by atoms with Crippen molar-refractivity contribution < 1.29 is 9.13 Å². The molecular weight excluding hydrogens is 471 g/mol. The second-order valence-electron chi connectivity index (χ2n) is 7.49. The van der Waals surface area contributed by atoms with Crippen molar-refractivity contribution in [2.45, 2.75) is 6.61 Å². The van der Waals surface area contributed by atoms with E-state index in [0.717, 1.165) is 32.0 Å². The third kappa shape index (κ3) is 4.88. The lowest BCUT2D eigenvalue weighted by molar-refractivity contribution is 0.306. The summed E-state index contributed by atoms with van der Waals surface area (Å²) in [4.78, 5) is 9.67. The number of thiophene rings is 1. The van der Waals surface area contributed by atoms with E-state index in [0.29, 0.717) is 16.6 Å². The zero-order valence-electron chi connectivity index (χ0n) is 18.0.